The maximum absolute atomic E-state index is 5.84. The van der Waals surface area contributed by atoms with Gasteiger partial charge in [-0.15, -0.1) is 10.2 Å². The standard InChI is InChI=1S/C12H11ClN6OS/c1-19-11(14)16-17-12(19)21-6-9-15-10(20-18-9)7-2-4-8(13)5-3-7/h2-5H,6H2,1H3,(H2,14,16). The van der Waals surface area contributed by atoms with Crippen LogP contribution in [-0.4, -0.2) is 24.9 Å². The van der Waals surface area contributed by atoms with E-state index < -0.39 is 0 Å². The van der Waals surface area contributed by atoms with Crippen LogP contribution in [0.4, 0.5) is 5.95 Å². The maximum atomic E-state index is 5.84. The molecule has 0 aliphatic rings. The van der Waals surface area contributed by atoms with Gasteiger partial charge in [0.15, 0.2) is 11.0 Å². The molecule has 2 aromatic heterocycles. The molecule has 7 nitrogen and oxygen atoms in total. The van der Waals surface area contributed by atoms with Crippen molar-refractivity contribution in [3.05, 3.63) is 35.1 Å². The molecular weight excluding hydrogens is 312 g/mol. The van der Waals surface area contributed by atoms with Gasteiger partial charge in [-0.25, -0.2) is 0 Å². The van der Waals surface area contributed by atoms with E-state index in [0.29, 0.717) is 33.6 Å². The van der Waals surface area contributed by atoms with Crippen LogP contribution in [0.25, 0.3) is 11.5 Å². The van der Waals surface area contributed by atoms with E-state index in [-0.39, 0.29) is 0 Å². The second kappa shape index (κ2) is 5.74. The van der Waals surface area contributed by atoms with Crippen LogP contribution in [0.3, 0.4) is 0 Å². The molecule has 0 atom stereocenters. The van der Waals surface area contributed by atoms with Gasteiger partial charge in [0.1, 0.15) is 0 Å². The molecule has 0 unspecified atom stereocenters. The number of thioether (sulfide) groups is 1. The molecule has 0 saturated carbocycles. The van der Waals surface area contributed by atoms with Gasteiger partial charge in [0.25, 0.3) is 5.89 Å². The Hall–Kier alpha value is -2.06. The van der Waals surface area contributed by atoms with Crippen LogP contribution < -0.4 is 5.73 Å². The zero-order valence-corrected chi connectivity index (χ0v) is 12.6. The van der Waals surface area contributed by atoms with Gasteiger partial charge in [-0.2, -0.15) is 4.98 Å². The predicted octanol–water partition coefficient (Wildman–Crippen LogP) is 2.39. The van der Waals surface area contributed by atoms with Gasteiger partial charge in [-0.1, -0.05) is 28.5 Å². The maximum Gasteiger partial charge on any atom is 0.257 e. The molecular formula is C12H11ClN6OS. The summed E-state index contributed by atoms with van der Waals surface area (Å²) >= 11 is 7.28. The van der Waals surface area contributed by atoms with Crippen LogP contribution in [0.2, 0.25) is 5.02 Å². The minimum absolute atomic E-state index is 0.368. The Morgan fingerprint density at radius 3 is 2.71 bits per heavy atom. The highest BCUT2D eigenvalue weighted by atomic mass is 35.5. The van der Waals surface area contributed by atoms with Crippen molar-refractivity contribution in [2.45, 2.75) is 10.9 Å². The van der Waals surface area contributed by atoms with E-state index in [9.17, 15) is 0 Å². The monoisotopic (exact) mass is 322 g/mol. The zero-order valence-electron chi connectivity index (χ0n) is 11.0. The number of halogens is 1. The molecule has 0 bridgehead atoms. The summed E-state index contributed by atoms with van der Waals surface area (Å²) in [7, 11) is 1.80. The number of nitrogens with zero attached hydrogens (tertiary/aromatic N) is 5. The summed E-state index contributed by atoms with van der Waals surface area (Å²) in [6.07, 6.45) is 0. The van der Waals surface area contributed by atoms with Gasteiger partial charge in [0.2, 0.25) is 5.95 Å². The van der Waals surface area contributed by atoms with E-state index in [1.54, 1.807) is 23.7 Å². The summed E-state index contributed by atoms with van der Waals surface area (Å²) in [5.41, 5.74) is 6.44. The summed E-state index contributed by atoms with van der Waals surface area (Å²) < 4.78 is 6.93. The van der Waals surface area contributed by atoms with E-state index in [1.807, 2.05) is 12.1 Å². The van der Waals surface area contributed by atoms with E-state index in [2.05, 4.69) is 20.3 Å². The van der Waals surface area contributed by atoms with Gasteiger partial charge >= 0.3 is 0 Å². The second-order valence-electron chi connectivity index (χ2n) is 4.21. The van der Waals surface area contributed by atoms with Crippen molar-refractivity contribution in [2.24, 2.45) is 7.05 Å². The third kappa shape index (κ3) is 3.01. The fraction of sp³-hybridized carbons (Fsp3) is 0.167. The summed E-state index contributed by atoms with van der Waals surface area (Å²) in [5, 5.41) is 13.0. The molecule has 9 heteroatoms. The predicted molar refractivity (Wildman–Crippen MR) is 79.7 cm³/mol. The normalized spacial score (nSPS) is 11.0. The van der Waals surface area contributed by atoms with Gasteiger partial charge in [0.05, 0.1) is 5.75 Å². The average Bonchev–Trinajstić information content (AvgIpc) is 3.07. The second-order valence-corrected chi connectivity index (χ2v) is 5.59. The minimum Gasteiger partial charge on any atom is -0.368 e. The number of aromatic nitrogens is 5. The lowest BCUT2D eigenvalue weighted by Gasteiger charge is -1.97. The number of benzene rings is 1. The molecule has 0 spiro atoms. The van der Waals surface area contributed by atoms with E-state index in [0.717, 1.165) is 5.56 Å². The Morgan fingerprint density at radius 2 is 2.05 bits per heavy atom. The lowest BCUT2D eigenvalue weighted by atomic mass is 10.2. The van der Waals surface area contributed by atoms with Crippen LogP contribution in [0.1, 0.15) is 5.82 Å². The molecule has 0 fully saturated rings. The third-order valence-electron chi connectivity index (χ3n) is 2.76. The molecule has 0 aliphatic carbocycles. The molecule has 108 valence electrons. The highest BCUT2D eigenvalue weighted by Crippen LogP contribution is 2.23. The molecule has 1 aromatic carbocycles. The number of anilines is 1. The first-order valence-electron chi connectivity index (χ1n) is 5.99. The quantitative estimate of drug-likeness (QED) is 0.737. The molecule has 0 radical (unpaired) electrons. The van der Waals surface area contributed by atoms with Crippen LogP contribution in [0.15, 0.2) is 33.9 Å². The van der Waals surface area contributed by atoms with Crippen molar-refractivity contribution < 1.29 is 4.52 Å². The molecule has 2 N–H and O–H groups in total. The number of nitrogen functional groups attached to an aromatic ring is 1. The first kappa shape index (κ1) is 13.9. The van der Waals surface area contributed by atoms with Crippen molar-refractivity contribution in [2.75, 3.05) is 5.73 Å². The molecule has 3 aromatic rings. The number of nitrogens with two attached hydrogens (primary N) is 1. The largest absolute Gasteiger partial charge is 0.368 e. The van der Waals surface area contributed by atoms with Crippen LogP contribution >= 0.6 is 23.4 Å². The molecule has 2 heterocycles. The summed E-state index contributed by atoms with van der Waals surface area (Å²) in [5.74, 6) is 1.92. The smallest absolute Gasteiger partial charge is 0.257 e. The first-order valence-corrected chi connectivity index (χ1v) is 7.36. The average molecular weight is 323 g/mol. The Kier molecular flexibility index (Phi) is 3.80. The Balaban J connectivity index is 1.70. The third-order valence-corrected chi connectivity index (χ3v) is 4.03. The van der Waals surface area contributed by atoms with Gasteiger partial charge in [0, 0.05) is 17.6 Å². The van der Waals surface area contributed by atoms with Gasteiger partial charge in [-0.05, 0) is 24.3 Å². The van der Waals surface area contributed by atoms with Gasteiger partial charge in [-0.3, -0.25) is 4.57 Å². The van der Waals surface area contributed by atoms with E-state index in [4.69, 9.17) is 21.9 Å². The lowest BCUT2D eigenvalue weighted by molar-refractivity contribution is 0.425. The van der Waals surface area contributed by atoms with Crippen molar-refractivity contribution in [3.8, 4) is 11.5 Å². The first-order chi connectivity index (χ1) is 10.1. The Morgan fingerprint density at radius 1 is 1.29 bits per heavy atom. The van der Waals surface area contributed by atoms with Crippen molar-refractivity contribution >= 4 is 29.3 Å². The van der Waals surface area contributed by atoms with Crippen LogP contribution in [0, 0.1) is 0 Å². The SMILES string of the molecule is Cn1c(N)nnc1SCc1noc(-c2ccc(Cl)cc2)n1. The topological polar surface area (TPSA) is 95.7 Å². The van der Waals surface area contributed by atoms with Crippen molar-refractivity contribution in [3.63, 3.8) is 0 Å². The summed E-state index contributed by atoms with van der Waals surface area (Å²) in [6, 6.07) is 7.21. The number of rotatable bonds is 4. The van der Waals surface area contributed by atoms with E-state index in [1.165, 1.54) is 11.8 Å². The fourth-order valence-corrected chi connectivity index (χ4v) is 2.49. The van der Waals surface area contributed by atoms with Crippen molar-refractivity contribution in [1.29, 1.82) is 0 Å². The van der Waals surface area contributed by atoms with Crippen LogP contribution in [0.5, 0.6) is 0 Å². The molecule has 3 rings (SSSR count). The van der Waals surface area contributed by atoms with E-state index >= 15 is 0 Å². The number of hydrogen-bond donors (Lipinski definition) is 1. The van der Waals surface area contributed by atoms with Crippen LogP contribution in [-0.2, 0) is 12.8 Å². The molecule has 0 amide bonds. The highest BCUT2D eigenvalue weighted by molar-refractivity contribution is 7.98. The molecule has 0 aliphatic heterocycles. The highest BCUT2D eigenvalue weighted by Gasteiger charge is 2.11. The number of hydrogen-bond acceptors (Lipinski definition) is 7. The summed E-state index contributed by atoms with van der Waals surface area (Å²) in [4.78, 5) is 4.33. The Bertz CT molecular complexity index is 753. The van der Waals surface area contributed by atoms with Crippen molar-refractivity contribution in [1.82, 2.24) is 24.9 Å². The minimum atomic E-state index is 0.368. The zero-order chi connectivity index (χ0) is 14.8. The Labute approximate surface area is 129 Å². The lowest BCUT2D eigenvalue weighted by Crippen LogP contribution is -1.98. The molecule has 21 heavy (non-hydrogen) atoms. The summed E-state index contributed by atoms with van der Waals surface area (Å²) in [6.45, 7) is 0. The molecule has 0 saturated heterocycles. The van der Waals surface area contributed by atoms with Gasteiger partial charge < -0.3 is 10.3 Å². The fourth-order valence-electron chi connectivity index (χ4n) is 1.60.